The summed E-state index contributed by atoms with van der Waals surface area (Å²) < 4.78 is 5.45. The molecule has 1 N–H and O–H groups in total. The average molecular weight is 207 g/mol. The van der Waals surface area contributed by atoms with E-state index in [4.69, 9.17) is 4.74 Å². The summed E-state index contributed by atoms with van der Waals surface area (Å²) in [6.07, 6.45) is 4.54. The van der Waals surface area contributed by atoms with E-state index in [0.717, 1.165) is 13.0 Å². The lowest BCUT2D eigenvalue weighted by Gasteiger charge is -2.09. The Balaban J connectivity index is 2.53. The van der Waals surface area contributed by atoms with Gasteiger partial charge in [0.1, 0.15) is 0 Å². The first-order valence-electron chi connectivity index (χ1n) is 5.07. The van der Waals surface area contributed by atoms with Gasteiger partial charge in [0.05, 0.1) is 6.10 Å². The number of anilines is 1. The third-order valence-electron chi connectivity index (χ3n) is 1.62. The van der Waals surface area contributed by atoms with E-state index in [-0.39, 0.29) is 6.10 Å². The van der Waals surface area contributed by atoms with Crippen molar-refractivity contribution < 1.29 is 4.74 Å². The molecular weight excluding hydrogens is 190 g/mol. The van der Waals surface area contributed by atoms with Gasteiger partial charge in [-0.05, 0) is 20.3 Å². The van der Waals surface area contributed by atoms with Crippen molar-refractivity contribution in [1.82, 2.24) is 9.97 Å². The van der Waals surface area contributed by atoms with Crippen LogP contribution in [-0.4, -0.2) is 22.6 Å². The Morgan fingerprint density at radius 2 is 2.40 bits per heavy atom. The Kier molecular flexibility index (Phi) is 4.60. The van der Waals surface area contributed by atoms with Crippen molar-refractivity contribution in [3.8, 4) is 5.88 Å². The lowest BCUT2D eigenvalue weighted by atomic mass is 10.4. The van der Waals surface area contributed by atoms with E-state index in [1.165, 1.54) is 0 Å². The number of hydrogen-bond acceptors (Lipinski definition) is 4. The van der Waals surface area contributed by atoms with E-state index in [0.29, 0.717) is 11.8 Å². The van der Waals surface area contributed by atoms with Gasteiger partial charge in [-0.25, -0.2) is 4.98 Å². The van der Waals surface area contributed by atoms with Gasteiger partial charge in [-0.3, -0.25) is 0 Å². The molecule has 1 rings (SSSR count). The highest BCUT2D eigenvalue weighted by molar-refractivity contribution is 5.27. The van der Waals surface area contributed by atoms with E-state index in [2.05, 4.69) is 21.9 Å². The van der Waals surface area contributed by atoms with Gasteiger partial charge in [-0.2, -0.15) is 4.98 Å². The molecule has 4 heteroatoms. The molecule has 0 radical (unpaired) electrons. The molecule has 0 aliphatic rings. The van der Waals surface area contributed by atoms with Gasteiger partial charge in [0, 0.05) is 18.8 Å². The van der Waals surface area contributed by atoms with Crippen LogP contribution in [-0.2, 0) is 0 Å². The van der Waals surface area contributed by atoms with Crippen molar-refractivity contribution in [3.05, 3.63) is 24.9 Å². The zero-order valence-electron chi connectivity index (χ0n) is 9.23. The lowest BCUT2D eigenvalue weighted by molar-refractivity contribution is 0.232. The van der Waals surface area contributed by atoms with Gasteiger partial charge in [-0.15, -0.1) is 6.58 Å². The van der Waals surface area contributed by atoms with Crippen LogP contribution in [0.2, 0.25) is 0 Å². The molecule has 0 bridgehead atoms. The second-order valence-electron chi connectivity index (χ2n) is 3.39. The summed E-state index contributed by atoms with van der Waals surface area (Å²) in [4.78, 5) is 8.29. The number of aromatic nitrogens is 2. The molecular formula is C11H17N3O. The minimum Gasteiger partial charge on any atom is -0.475 e. The minimum atomic E-state index is 0.126. The van der Waals surface area contributed by atoms with Crippen LogP contribution in [0.1, 0.15) is 20.3 Å². The first kappa shape index (κ1) is 11.5. The van der Waals surface area contributed by atoms with Crippen LogP contribution < -0.4 is 10.1 Å². The maximum absolute atomic E-state index is 5.45. The molecule has 0 spiro atoms. The van der Waals surface area contributed by atoms with E-state index in [1.807, 2.05) is 19.9 Å². The molecule has 0 fully saturated rings. The molecule has 0 amide bonds. The highest BCUT2D eigenvalue weighted by Crippen LogP contribution is 2.09. The van der Waals surface area contributed by atoms with Crippen LogP contribution in [0.4, 0.5) is 5.95 Å². The fraction of sp³-hybridized carbons (Fsp3) is 0.455. The van der Waals surface area contributed by atoms with Gasteiger partial charge in [0.2, 0.25) is 11.8 Å². The Morgan fingerprint density at radius 1 is 1.60 bits per heavy atom. The number of nitrogens with one attached hydrogen (secondary N) is 1. The third kappa shape index (κ3) is 4.44. The first-order valence-corrected chi connectivity index (χ1v) is 5.07. The molecule has 0 unspecified atom stereocenters. The van der Waals surface area contributed by atoms with Crippen molar-refractivity contribution in [2.24, 2.45) is 0 Å². The molecule has 0 aromatic carbocycles. The number of nitrogens with zero attached hydrogens (tertiary/aromatic N) is 2. The summed E-state index contributed by atoms with van der Waals surface area (Å²) in [7, 11) is 0. The van der Waals surface area contributed by atoms with Crippen LogP contribution in [0.15, 0.2) is 24.9 Å². The topological polar surface area (TPSA) is 47.0 Å². The summed E-state index contributed by atoms with van der Waals surface area (Å²) in [5.41, 5.74) is 0. The van der Waals surface area contributed by atoms with Crippen LogP contribution >= 0.6 is 0 Å². The van der Waals surface area contributed by atoms with Crippen molar-refractivity contribution in [1.29, 1.82) is 0 Å². The fourth-order valence-corrected chi connectivity index (χ4v) is 1.02. The zero-order chi connectivity index (χ0) is 11.1. The molecule has 1 aromatic heterocycles. The van der Waals surface area contributed by atoms with E-state index in [9.17, 15) is 0 Å². The monoisotopic (exact) mass is 207 g/mol. The molecule has 0 aliphatic carbocycles. The Bertz CT molecular complexity index is 312. The number of rotatable bonds is 6. The molecule has 0 aliphatic heterocycles. The van der Waals surface area contributed by atoms with E-state index < -0.39 is 0 Å². The predicted octanol–water partition coefficient (Wildman–Crippen LogP) is 2.25. The van der Waals surface area contributed by atoms with Crippen LogP contribution in [0.5, 0.6) is 5.88 Å². The second-order valence-corrected chi connectivity index (χ2v) is 3.39. The minimum absolute atomic E-state index is 0.126. The van der Waals surface area contributed by atoms with E-state index >= 15 is 0 Å². The predicted molar refractivity (Wildman–Crippen MR) is 61.1 cm³/mol. The smallest absolute Gasteiger partial charge is 0.225 e. The summed E-state index contributed by atoms with van der Waals surface area (Å²) >= 11 is 0. The Labute approximate surface area is 90.4 Å². The highest BCUT2D eigenvalue weighted by Gasteiger charge is 2.00. The molecule has 0 atom stereocenters. The number of hydrogen-bond donors (Lipinski definition) is 1. The van der Waals surface area contributed by atoms with Crippen molar-refractivity contribution in [2.75, 3.05) is 11.9 Å². The molecule has 15 heavy (non-hydrogen) atoms. The van der Waals surface area contributed by atoms with E-state index in [1.54, 1.807) is 12.3 Å². The van der Waals surface area contributed by atoms with Gasteiger partial charge in [-0.1, -0.05) is 6.08 Å². The standard InChI is InChI=1S/C11H17N3O/c1-4-5-7-12-11-13-8-6-10(14-11)15-9(2)3/h4,6,8-9H,1,5,7H2,2-3H3,(H,12,13,14). The average Bonchev–Trinajstić information content (AvgIpc) is 2.18. The van der Waals surface area contributed by atoms with Crippen molar-refractivity contribution in [2.45, 2.75) is 26.4 Å². The summed E-state index contributed by atoms with van der Waals surface area (Å²) in [6.45, 7) is 8.36. The molecule has 82 valence electrons. The largest absolute Gasteiger partial charge is 0.475 e. The molecule has 0 saturated carbocycles. The van der Waals surface area contributed by atoms with Crippen LogP contribution in [0, 0.1) is 0 Å². The zero-order valence-corrected chi connectivity index (χ0v) is 9.23. The van der Waals surface area contributed by atoms with Gasteiger partial charge < -0.3 is 10.1 Å². The van der Waals surface area contributed by atoms with Gasteiger partial charge in [0.15, 0.2) is 0 Å². The summed E-state index contributed by atoms with van der Waals surface area (Å²) in [5.74, 6) is 1.19. The fourth-order valence-electron chi connectivity index (χ4n) is 1.02. The second kappa shape index (κ2) is 6.01. The van der Waals surface area contributed by atoms with Gasteiger partial charge >= 0.3 is 0 Å². The molecule has 0 saturated heterocycles. The van der Waals surface area contributed by atoms with Crippen LogP contribution in [0.3, 0.4) is 0 Å². The normalized spacial score (nSPS) is 10.1. The SMILES string of the molecule is C=CCCNc1nccc(OC(C)C)n1. The maximum atomic E-state index is 5.45. The molecule has 1 heterocycles. The molecule has 4 nitrogen and oxygen atoms in total. The Morgan fingerprint density at radius 3 is 3.07 bits per heavy atom. The van der Waals surface area contributed by atoms with Crippen LogP contribution in [0.25, 0.3) is 0 Å². The number of ether oxygens (including phenoxy) is 1. The first-order chi connectivity index (χ1) is 7.22. The van der Waals surface area contributed by atoms with Crippen molar-refractivity contribution in [3.63, 3.8) is 0 Å². The highest BCUT2D eigenvalue weighted by atomic mass is 16.5. The maximum Gasteiger partial charge on any atom is 0.225 e. The molecule has 1 aromatic rings. The summed E-state index contributed by atoms with van der Waals surface area (Å²) in [5, 5.41) is 3.09. The Hall–Kier alpha value is -1.58. The third-order valence-corrected chi connectivity index (χ3v) is 1.62. The quantitative estimate of drug-likeness (QED) is 0.574. The lowest BCUT2D eigenvalue weighted by Crippen LogP contribution is -2.09. The van der Waals surface area contributed by atoms with Crippen molar-refractivity contribution >= 4 is 5.95 Å². The van der Waals surface area contributed by atoms with Gasteiger partial charge in [0.25, 0.3) is 0 Å². The summed E-state index contributed by atoms with van der Waals surface area (Å²) in [6, 6.07) is 1.75.